The van der Waals surface area contributed by atoms with Crippen molar-refractivity contribution in [1.82, 2.24) is 9.97 Å². The van der Waals surface area contributed by atoms with Crippen molar-refractivity contribution >= 4 is 24.5 Å². The quantitative estimate of drug-likeness (QED) is 0.500. The summed E-state index contributed by atoms with van der Waals surface area (Å²) in [5.74, 6) is -0.516. The minimum absolute atomic E-state index is 0.384. The first-order valence-electron chi connectivity index (χ1n) is 3.00. The average molecular weight is 146 g/mol. The van der Waals surface area contributed by atoms with E-state index in [2.05, 4.69) is 9.97 Å². The van der Waals surface area contributed by atoms with Crippen LogP contribution in [0.5, 0.6) is 0 Å². The van der Waals surface area contributed by atoms with Crippen LogP contribution in [0.15, 0.2) is 21.5 Å². The maximum Gasteiger partial charge on any atom is 0.418 e. The molecule has 1 N–H and O–H groups in total. The molecule has 2 heterocycles. The van der Waals surface area contributed by atoms with Gasteiger partial charge in [-0.3, -0.25) is 4.98 Å². The van der Waals surface area contributed by atoms with Crippen molar-refractivity contribution in [1.29, 1.82) is 0 Å². The third kappa shape index (κ3) is 0.940. The van der Waals surface area contributed by atoms with Gasteiger partial charge in [0.15, 0.2) is 11.2 Å². The molecule has 0 unspecified atom stereocenters. The lowest BCUT2D eigenvalue weighted by Gasteiger charge is -1.87. The fourth-order valence-electron chi connectivity index (χ4n) is 0.853. The molecule has 0 atom stereocenters. The van der Waals surface area contributed by atoms with Gasteiger partial charge in [0.1, 0.15) is 7.85 Å². The molecular weight excluding hydrogens is 143 g/mol. The molecule has 0 amide bonds. The van der Waals surface area contributed by atoms with Crippen LogP contribution >= 0.6 is 0 Å². The number of nitrogens with zero attached hydrogens (tertiary/aromatic N) is 1. The standard InChI is InChI=1S/C6H3BN2O2/c7-3-1-4-5(8-2-3)9-6(10)11-4/h1-2H,(H,8,9,10). The van der Waals surface area contributed by atoms with Crippen LogP contribution in [-0.4, -0.2) is 17.8 Å². The fraction of sp³-hybridized carbons (Fsp3) is 0. The van der Waals surface area contributed by atoms with Crippen LogP contribution in [0.3, 0.4) is 0 Å². The van der Waals surface area contributed by atoms with Gasteiger partial charge in [0.2, 0.25) is 0 Å². The zero-order valence-electron chi connectivity index (χ0n) is 5.50. The maximum atomic E-state index is 10.6. The second kappa shape index (κ2) is 1.98. The van der Waals surface area contributed by atoms with Gasteiger partial charge in [0.05, 0.1) is 0 Å². The third-order valence-corrected chi connectivity index (χ3v) is 1.30. The summed E-state index contributed by atoms with van der Waals surface area (Å²) >= 11 is 0. The molecule has 2 radical (unpaired) electrons. The van der Waals surface area contributed by atoms with Gasteiger partial charge in [-0.2, -0.15) is 0 Å². The number of pyridine rings is 1. The second-order valence-corrected chi connectivity index (χ2v) is 2.13. The van der Waals surface area contributed by atoms with Crippen LogP contribution < -0.4 is 11.2 Å². The fourth-order valence-corrected chi connectivity index (χ4v) is 0.853. The first-order valence-corrected chi connectivity index (χ1v) is 3.00. The summed E-state index contributed by atoms with van der Waals surface area (Å²) < 4.78 is 4.70. The van der Waals surface area contributed by atoms with Crippen molar-refractivity contribution in [3.8, 4) is 0 Å². The summed E-state index contributed by atoms with van der Waals surface area (Å²) in [6.07, 6.45) is 1.45. The van der Waals surface area contributed by atoms with E-state index in [0.29, 0.717) is 16.7 Å². The molecule has 0 fully saturated rings. The second-order valence-electron chi connectivity index (χ2n) is 2.13. The predicted octanol–water partition coefficient (Wildman–Crippen LogP) is -0.690. The van der Waals surface area contributed by atoms with Gasteiger partial charge in [0.25, 0.3) is 0 Å². The minimum Gasteiger partial charge on any atom is -0.406 e. The summed E-state index contributed by atoms with van der Waals surface area (Å²) in [6, 6.07) is 1.54. The Bertz CT molecular complexity index is 445. The number of nitrogens with one attached hydrogen (secondary N) is 1. The van der Waals surface area contributed by atoms with Crippen molar-refractivity contribution in [2.45, 2.75) is 0 Å². The SMILES string of the molecule is [B]c1cnc2[nH]c(=O)oc2c1. The Kier molecular flexibility index (Phi) is 1.12. The first-order chi connectivity index (χ1) is 5.25. The molecule has 2 aromatic rings. The Morgan fingerprint density at radius 2 is 2.45 bits per heavy atom. The van der Waals surface area contributed by atoms with E-state index in [1.165, 1.54) is 6.20 Å². The van der Waals surface area contributed by atoms with E-state index in [4.69, 9.17) is 12.3 Å². The molecule has 0 aromatic carbocycles. The number of aromatic nitrogens is 2. The average Bonchev–Trinajstić information content (AvgIpc) is 2.27. The molecule has 2 rings (SSSR count). The lowest BCUT2D eigenvalue weighted by molar-refractivity contribution is 0.555. The van der Waals surface area contributed by atoms with Gasteiger partial charge in [0, 0.05) is 6.20 Å². The van der Waals surface area contributed by atoms with Crippen LogP contribution in [0.2, 0.25) is 0 Å². The molecule has 0 aliphatic rings. The first kappa shape index (κ1) is 6.21. The van der Waals surface area contributed by atoms with Crippen molar-refractivity contribution in [3.63, 3.8) is 0 Å². The monoisotopic (exact) mass is 146 g/mol. The lowest BCUT2D eigenvalue weighted by Crippen LogP contribution is -2.01. The smallest absolute Gasteiger partial charge is 0.406 e. The van der Waals surface area contributed by atoms with Crippen LogP contribution in [0, 0.1) is 0 Å². The predicted molar refractivity (Wildman–Crippen MR) is 40.0 cm³/mol. The van der Waals surface area contributed by atoms with Crippen molar-refractivity contribution in [2.24, 2.45) is 0 Å². The molecule has 0 aliphatic carbocycles. The highest BCUT2D eigenvalue weighted by atomic mass is 16.4. The lowest BCUT2D eigenvalue weighted by atomic mass is 9.99. The van der Waals surface area contributed by atoms with Gasteiger partial charge >= 0.3 is 5.76 Å². The van der Waals surface area contributed by atoms with Crippen molar-refractivity contribution in [2.75, 3.05) is 0 Å². The van der Waals surface area contributed by atoms with Crippen LogP contribution in [0.25, 0.3) is 11.2 Å². The zero-order chi connectivity index (χ0) is 7.84. The number of H-pyrrole nitrogens is 1. The van der Waals surface area contributed by atoms with Gasteiger partial charge in [-0.25, -0.2) is 9.78 Å². The van der Waals surface area contributed by atoms with Crippen LogP contribution in [0.4, 0.5) is 0 Å². The normalized spacial score (nSPS) is 10.5. The summed E-state index contributed by atoms with van der Waals surface area (Å²) in [6.45, 7) is 0. The van der Waals surface area contributed by atoms with E-state index < -0.39 is 5.76 Å². The summed E-state index contributed by atoms with van der Waals surface area (Å²) in [7, 11) is 5.39. The van der Waals surface area contributed by atoms with E-state index >= 15 is 0 Å². The Balaban J connectivity index is 2.92. The molecule has 0 saturated heterocycles. The Labute approximate surface area is 62.7 Å². The largest absolute Gasteiger partial charge is 0.418 e. The highest BCUT2D eigenvalue weighted by Crippen LogP contribution is 2.01. The molecule has 0 bridgehead atoms. The minimum atomic E-state index is -0.516. The molecular formula is C6H3BN2O2. The molecule has 11 heavy (non-hydrogen) atoms. The Hall–Kier alpha value is -1.52. The molecule has 5 heteroatoms. The Morgan fingerprint density at radius 1 is 1.64 bits per heavy atom. The number of oxazole rings is 1. The van der Waals surface area contributed by atoms with Gasteiger partial charge < -0.3 is 4.42 Å². The van der Waals surface area contributed by atoms with Gasteiger partial charge in [-0.1, -0.05) is 5.46 Å². The molecule has 0 spiro atoms. The van der Waals surface area contributed by atoms with E-state index in [0.717, 1.165) is 0 Å². The number of hydrogen-bond acceptors (Lipinski definition) is 3. The molecule has 0 aliphatic heterocycles. The maximum absolute atomic E-state index is 10.6. The topological polar surface area (TPSA) is 58.9 Å². The zero-order valence-corrected chi connectivity index (χ0v) is 5.50. The van der Waals surface area contributed by atoms with E-state index in [9.17, 15) is 4.79 Å². The van der Waals surface area contributed by atoms with Crippen LogP contribution in [-0.2, 0) is 0 Å². The van der Waals surface area contributed by atoms with E-state index in [1.807, 2.05) is 0 Å². The number of fused-ring (bicyclic) bond motifs is 1. The molecule has 0 saturated carbocycles. The molecule has 52 valence electrons. The van der Waals surface area contributed by atoms with Crippen molar-refractivity contribution < 1.29 is 4.42 Å². The summed E-state index contributed by atoms with van der Waals surface area (Å²) in [5, 5.41) is 0. The highest BCUT2D eigenvalue weighted by Gasteiger charge is 1.99. The van der Waals surface area contributed by atoms with Gasteiger partial charge in [-0.15, -0.1) is 0 Å². The summed E-state index contributed by atoms with van der Waals surface area (Å²) in [4.78, 5) is 16.8. The van der Waals surface area contributed by atoms with Crippen LogP contribution in [0.1, 0.15) is 0 Å². The molecule has 4 nitrogen and oxygen atoms in total. The van der Waals surface area contributed by atoms with Gasteiger partial charge in [-0.05, 0) is 6.07 Å². The van der Waals surface area contributed by atoms with Crippen molar-refractivity contribution in [3.05, 3.63) is 22.8 Å². The van der Waals surface area contributed by atoms with E-state index in [1.54, 1.807) is 6.07 Å². The Morgan fingerprint density at radius 3 is 3.27 bits per heavy atom. The number of hydrogen-bond donors (Lipinski definition) is 1. The number of aromatic amines is 1. The summed E-state index contributed by atoms with van der Waals surface area (Å²) in [5.41, 5.74) is 1.28. The number of rotatable bonds is 0. The third-order valence-electron chi connectivity index (χ3n) is 1.30. The highest BCUT2D eigenvalue weighted by molar-refractivity contribution is 6.32. The van der Waals surface area contributed by atoms with E-state index in [-0.39, 0.29) is 0 Å². The molecule has 2 aromatic heterocycles.